The largest absolute Gasteiger partial charge is 0.351 e. The third-order valence-corrected chi connectivity index (χ3v) is 3.20. The van der Waals surface area contributed by atoms with Gasteiger partial charge in [-0.15, -0.1) is 35.3 Å². The molecular weight excluding hydrogens is 371 g/mol. The number of alkyl halides is 2. The molecule has 104 valence electrons. The number of nitrogens with zero attached hydrogens (tertiary/aromatic N) is 2. The van der Waals surface area contributed by atoms with Crippen LogP contribution in [0.1, 0.15) is 4.88 Å². The lowest BCUT2D eigenvalue weighted by Crippen LogP contribution is -2.41. The second-order valence-electron chi connectivity index (χ2n) is 3.57. The lowest BCUT2D eigenvalue weighted by Gasteiger charge is -2.21. The summed E-state index contributed by atoms with van der Waals surface area (Å²) in [4.78, 5) is 7.09. The highest BCUT2D eigenvalue weighted by atomic mass is 127. The number of hydrogen-bond donors (Lipinski definition) is 1. The van der Waals surface area contributed by atoms with E-state index in [4.69, 9.17) is 0 Å². The van der Waals surface area contributed by atoms with E-state index in [2.05, 4.69) is 16.4 Å². The minimum absolute atomic E-state index is 0. The molecule has 0 aliphatic rings. The first kappa shape index (κ1) is 17.6. The van der Waals surface area contributed by atoms with Crippen molar-refractivity contribution in [1.29, 1.82) is 0 Å². The Hall–Kier alpha value is -0.440. The minimum Gasteiger partial charge on any atom is -0.351 e. The number of nitrogens with one attached hydrogen (secondary N) is 1. The van der Waals surface area contributed by atoms with E-state index in [0.717, 1.165) is 13.0 Å². The summed E-state index contributed by atoms with van der Waals surface area (Å²) in [6.45, 7) is 0.388. The van der Waals surface area contributed by atoms with Crippen molar-refractivity contribution >= 4 is 41.3 Å². The first-order valence-electron chi connectivity index (χ1n) is 5.35. The molecule has 1 rings (SSSR count). The van der Waals surface area contributed by atoms with Gasteiger partial charge in [0.2, 0.25) is 0 Å². The zero-order chi connectivity index (χ0) is 12.7. The van der Waals surface area contributed by atoms with Crippen molar-refractivity contribution in [2.75, 3.05) is 27.2 Å². The molecular formula is C11H18F2IN3S. The first-order valence-corrected chi connectivity index (χ1v) is 6.23. The van der Waals surface area contributed by atoms with Crippen molar-refractivity contribution in [3.8, 4) is 0 Å². The summed E-state index contributed by atoms with van der Waals surface area (Å²) >= 11 is 1.70. The monoisotopic (exact) mass is 389 g/mol. The molecule has 3 nitrogen and oxygen atoms in total. The zero-order valence-electron chi connectivity index (χ0n) is 10.4. The molecule has 0 radical (unpaired) electrons. The van der Waals surface area contributed by atoms with Crippen LogP contribution in [0, 0.1) is 0 Å². The standard InChI is InChI=1S/C11H17F2N3S.HI/c1-14-11(15-8-10(12)13)16(2)6-5-9-4-3-7-17-9;/h3-4,7,10H,5-6,8H2,1-2H3,(H,14,15);1H. The zero-order valence-corrected chi connectivity index (χ0v) is 13.5. The van der Waals surface area contributed by atoms with Crippen molar-refractivity contribution < 1.29 is 8.78 Å². The maximum Gasteiger partial charge on any atom is 0.255 e. The molecule has 0 fully saturated rings. The van der Waals surface area contributed by atoms with Crippen molar-refractivity contribution in [1.82, 2.24) is 10.2 Å². The summed E-state index contributed by atoms with van der Waals surface area (Å²) in [5.41, 5.74) is 0. The highest BCUT2D eigenvalue weighted by Crippen LogP contribution is 2.09. The van der Waals surface area contributed by atoms with Gasteiger partial charge in [-0.05, 0) is 17.9 Å². The Bertz CT molecular complexity index is 344. The van der Waals surface area contributed by atoms with E-state index in [0.29, 0.717) is 5.96 Å². The van der Waals surface area contributed by atoms with E-state index in [9.17, 15) is 8.78 Å². The minimum atomic E-state index is -2.36. The van der Waals surface area contributed by atoms with Crippen LogP contribution >= 0.6 is 35.3 Å². The molecule has 7 heteroatoms. The molecule has 1 aromatic heterocycles. The van der Waals surface area contributed by atoms with Gasteiger partial charge in [-0.25, -0.2) is 8.78 Å². The number of hydrogen-bond acceptors (Lipinski definition) is 2. The molecule has 18 heavy (non-hydrogen) atoms. The van der Waals surface area contributed by atoms with Crippen LogP contribution in [0.5, 0.6) is 0 Å². The number of likely N-dealkylation sites (N-methyl/N-ethyl adjacent to an activating group) is 1. The van der Waals surface area contributed by atoms with Gasteiger partial charge < -0.3 is 10.2 Å². The van der Waals surface area contributed by atoms with Gasteiger partial charge in [-0.3, -0.25) is 4.99 Å². The first-order chi connectivity index (χ1) is 8.13. The van der Waals surface area contributed by atoms with Crippen molar-refractivity contribution in [3.63, 3.8) is 0 Å². The summed E-state index contributed by atoms with van der Waals surface area (Å²) in [6.07, 6.45) is -1.47. The van der Waals surface area contributed by atoms with Crippen LogP contribution in [0.3, 0.4) is 0 Å². The quantitative estimate of drug-likeness (QED) is 0.477. The van der Waals surface area contributed by atoms with E-state index in [1.54, 1.807) is 18.4 Å². The third kappa shape index (κ3) is 6.48. The van der Waals surface area contributed by atoms with Crippen LogP contribution < -0.4 is 5.32 Å². The molecule has 0 aliphatic heterocycles. The molecule has 0 saturated carbocycles. The summed E-state index contributed by atoms with van der Waals surface area (Å²) in [7, 11) is 3.43. The van der Waals surface area contributed by atoms with Crippen LogP contribution in [0.4, 0.5) is 8.78 Å². The van der Waals surface area contributed by atoms with Gasteiger partial charge >= 0.3 is 0 Å². The Morgan fingerprint density at radius 3 is 2.78 bits per heavy atom. The normalized spacial score (nSPS) is 11.3. The number of guanidine groups is 1. The van der Waals surface area contributed by atoms with Crippen LogP contribution in [-0.4, -0.2) is 44.5 Å². The molecule has 0 saturated heterocycles. The van der Waals surface area contributed by atoms with Crippen molar-refractivity contribution in [2.45, 2.75) is 12.8 Å². The number of rotatable bonds is 5. The SMILES string of the molecule is CN=C(NCC(F)F)N(C)CCc1cccs1.I. The van der Waals surface area contributed by atoms with E-state index in [-0.39, 0.29) is 30.5 Å². The lowest BCUT2D eigenvalue weighted by molar-refractivity contribution is 0.151. The number of thiophene rings is 1. The highest BCUT2D eigenvalue weighted by Gasteiger charge is 2.08. The van der Waals surface area contributed by atoms with Gasteiger partial charge in [-0.1, -0.05) is 6.07 Å². The number of halogens is 3. The van der Waals surface area contributed by atoms with Crippen LogP contribution in [0.15, 0.2) is 22.5 Å². The van der Waals surface area contributed by atoms with E-state index < -0.39 is 6.43 Å². The molecule has 0 amide bonds. The van der Waals surface area contributed by atoms with Gasteiger partial charge in [0.25, 0.3) is 6.43 Å². The smallest absolute Gasteiger partial charge is 0.255 e. The Morgan fingerprint density at radius 1 is 1.56 bits per heavy atom. The second kappa shape index (κ2) is 9.48. The highest BCUT2D eigenvalue weighted by molar-refractivity contribution is 14.0. The maximum absolute atomic E-state index is 12.1. The Kier molecular flexibility index (Phi) is 9.25. The summed E-state index contributed by atoms with van der Waals surface area (Å²) in [6, 6.07) is 4.07. The van der Waals surface area contributed by atoms with E-state index in [1.165, 1.54) is 4.88 Å². The molecule has 0 unspecified atom stereocenters. The third-order valence-electron chi connectivity index (χ3n) is 2.26. The average molecular weight is 389 g/mol. The van der Waals surface area contributed by atoms with Crippen LogP contribution in [0.25, 0.3) is 0 Å². The fraction of sp³-hybridized carbons (Fsp3) is 0.545. The molecule has 0 aromatic carbocycles. The van der Waals surface area contributed by atoms with Crippen LogP contribution in [0.2, 0.25) is 0 Å². The Balaban J connectivity index is 0.00000289. The molecule has 0 spiro atoms. The molecule has 0 aliphatic carbocycles. The topological polar surface area (TPSA) is 27.6 Å². The van der Waals surface area contributed by atoms with Gasteiger partial charge in [0.05, 0.1) is 6.54 Å². The molecule has 1 heterocycles. The van der Waals surface area contributed by atoms with E-state index in [1.807, 2.05) is 23.4 Å². The van der Waals surface area contributed by atoms with Crippen molar-refractivity contribution in [3.05, 3.63) is 22.4 Å². The van der Waals surface area contributed by atoms with E-state index >= 15 is 0 Å². The summed E-state index contributed by atoms with van der Waals surface area (Å²) in [5.74, 6) is 0.502. The van der Waals surface area contributed by atoms with Crippen LogP contribution in [-0.2, 0) is 6.42 Å². The molecule has 0 bridgehead atoms. The lowest BCUT2D eigenvalue weighted by atomic mass is 10.3. The molecule has 1 N–H and O–H groups in total. The predicted octanol–water partition coefficient (Wildman–Crippen LogP) is 2.68. The van der Waals surface area contributed by atoms with Gasteiger partial charge in [0.15, 0.2) is 5.96 Å². The maximum atomic E-state index is 12.1. The summed E-state index contributed by atoms with van der Waals surface area (Å²) in [5, 5.41) is 4.66. The Labute approximate surface area is 127 Å². The summed E-state index contributed by atoms with van der Waals surface area (Å²) < 4.78 is 24.1. The molecule has 0 atom stereocenters. The van der Waals surface area contributed by atoms with Gasteiger partial charge in [0.1, 0.15) is 0 Å². The van der Waals surface area contributed by atoms with Gasteiger partial charge in [0, 0.05) is 25.5 Å². The fourth-order valence-corrected chi connectivity index (χ4v) is 2.09. The fourth-order valence-electron chi connectivity index (χ4n) is 1.39. The number of aliphatic imine (C=N–C) groups is 1. The van der Waals surface area contributed by atoms with Crippen molar-refractivity contribution in [2.24, 2.45) is 4.99 Å². The second-order valence-corrected chi connectivity index (χ2v) is 4.60. The molecule has 1 aromatic rings. The van der Waals surface area contributed by atoms with Gasteiger partial charge in [-0.2, -0.15) is 0 Å². The average Bonchev–Trinajstić information content (AvgIpc) is 2.79. The Morgan fingerprint density at radius 2 is 2.28 bits per heavy atom. The predicted molar refractivity (Wildman–Crippen MR) is 83.4 cm³/mol.